The third-order valence-corrected chi connectivity index (χ3v) is 4.50. The Morgan fingerprint density at radius 2 is 1.40 bits per heavy atom. The van der Waals surface area contributed by atoms with E-state index in [1.807, 2.05) is 31.2 Å². The molecule has 25 heavy (non-hydrogen) atoms. The minimum Gasteiger partial charge on any atom is -0.458 e. The van der Waals surface area contributed by atoms with Crippen molar-refractivity contribution in [1.82, 2.24) is 0 Å². The SMILES string of the molecule is Cc1cc2oc(C=C3C(=O)c4cc5ccccc5cc4C3=O)cc2o1. The predicted octanol–water partition coefficient (Wildman–Crippen LogP) is 4.95. The van der Waals surface area contributed by atoms with E-state index >= 15 is 0 Å². The van der Waals surface area contributed by atoms with Crippen LogP contribution in [0.25, 0.3) is 28.0 Å². The summed E-state index contributed by atoms with van der Waals surface area (Å²) in [5.74, 6) is 0.646. The molecule has 2 heterocycles. The molecule has 0 saturated carbocycles. The number of carbonyl (C=O) groups is 2. The molecule has 5 rings (SSSR count). The minimum absolute atomic E-state index is 0.124. The van der Waals surface area contributed by atoms with Gasteiger partial charge in [0.05, 0.1) is 5.57 Å². The molecule has 0 spiro atoms. The Hall–Kier alpha value is -3.40. The number of ketones is 2. The van der Waals surface area contributed by atoms with Crippen LogP contribution in [0.1, 0.15) is 32.2 Å². The van der Waals surface area contributed by atoms with Gasteiger partial charge in [0.1, 0.15) is 11.5 Å². The van der Waals surface area contributed by atoms with Crippen LogP contribution in [-0.2, 0) is 0 Å². The summed E-state index contributed by atoms with van der Waals surface area (Å²) in [4.78, 5) is 25.4. The molecule has 4 heteroatoms. The van der Waals surface area contributed by atoms with Gasteiger partial charge in [-0.05, 0) is 35.9 Å². The Morgan fingerprint density at radius 3 is 2.00 bits per heavy atom. The van der Waals surface area contributed by atoms with E-state index in [2.05, 4.69) is 0 Å². The number of Topliss-reactive ketones (excluding diaryl/α,β-unsaturated/α-hetero) is 2. The van der Waals surface area contributed by atoms with Crippen LogP contribution in [0, 0.1) is 6.92 Å². The molecular formula is C21H12O4. The van der Waals surface area contributed by atoms with Gasteiger partial charge in [-0.25, -0.2) is 0 Å². The molecule has 0 aliphatic heterocycles. The fourth-order valence-electron chi connectivity index (χ4n) is 3.33. The van der Waals surface area contributed by atoms with Crippen LogP contribution >= 0.6 is 0 Å². The summed E-state index contributed by atoms with van der Waals surface area (Å²) < 4.78 is 11.1. The van der Waals surface area contributed by atoms with Crippen molar-refractivity contribution in [3.05, 3.63) is 76.8 Å². The summed E-state index contributed by atoms with van der Waals surface area (Å²) in [6.45, 7) is 1.83. The third kappa shape index (κ3) is 2.01. The van der Waals surface area contributed by atoms with Gasteiger partial charge in [-0.3, -0.25) is 9.59 Å². The molecule has 0 amide bonds. The van der Waals surface area contributed by atoms with Crippen LogP contribution in [0.3, 0.4) is 0 Å². The first-order valence-electron chi connectivity index (χ1n) is 7.94. The molecule has 0 fully saturated rings. The van der Waals surface area contributed by atoms with E-state index in [1.165, 1.54) is 6.08 Å². The zero-order valence-electron chi connectivity index (χ0n) is 13.3. The van der Waals surface area contributed by atoms with Crippen molar-refractivity contribution in [1.29, 1.82) is 0 Å². The minimum atomic E-state index is -0.269. The van der Waals surface area contributed by atoms with Gasteiger partial charge in [-0.1, -0.05) is 24.3 Å². The first-order valence-corrected chi connectivity index (χ1v) is 7.94. The molecule has 0 atom stereocenters. The Balaban J connectivity index is 1.64. The number of rotatable bonds is 1. The molecule has 4 aromatic rings. The number of hydrogen-bond donors (Lipinski definition) is 0. The highest BCUT2D eigenvalue weighted by Gasteiger charge is 2.33. The lowest BCUT2D eigenvalue weighted by molar-refractivity contribution is 0.0990. The lowest BCUT2D eigenvalue weighted by Crippen LogP contribution is -1.99. The highest BCUT2D eigenvalue weighted by Crippen LogP contribution is 2.32. The third-order valence-electron chi connectivity index (χ3n) is 4.50. The van der Waals surface area contributed by atoms with Crippen LogP contribution in [0.15, 0.2) is 62.9 Å². The molecule has 1 aliphatic rings. The fraction of sp³-hybridized carbons (Fsp3) is 0.0476. The van der Waals surface area contributed by atoms with Crippen molar-refractivity contribution in [2.24, 2.45) is 0 Å². The Bertz CT molecular complexity index is 1150. The Labute approximate surface area is 142 Å². The van der Waals surface area contributed by atoms with Gasteiger partial charge < -0.3 is 8.83 Å². The fourth-order valence-corrected chi connectivity index (χ4v) is 3.33. The van der Waals surface area contributed by atoms with Crippen molar-refractivity contribution in [3.8, 4) is 0 Å². The van der Waals surface area contributed by atoms with E-state index in [0.717, 1.165) is 16.5 Å². The number of aryl methyl sites for hydroxylation is 1. The normalized spacial score (nSPS) is 13.9. The van der Waals surface area contributed by atoms with Crippen molar-refractivity contribution >= 4 is 39.6 Å². The largest absolute Gasteiger partial charge is 0.458 e. The highest BCUT2D eigenvalue weighted by molar-refractivity contribution is 6.42. The first kappa shape index (κ1) is 14.0. The molecule has 120 valence electrons. The standard InChI is InChI=1S/C21H12O4/c1-11-6-18-19(24-11)10-14(25-18)9-17-20(22)15-7-12-4-2-3-5-13(12)8-16(15)21(17)23/h2-10H,1H3. The lowest BCUT2D eigenvalue weighted by atomic mass is 10.0. The maximum absolute atomic E-state index is 12.7. The highest BCUT2D eigenvalue weighted by atomic mass is 16.4. The van der Waals surface area contributed by atoms with Crippen molar-refractivity contribution in [2.45, 2.75) is 6.92 Å². The average molecular weight is 328 g/mol. The molecule has 0 saturated heterocycles. The topological polar surface area (TPSA) is 60.4 Å². The molecule has 2 aromatic carbocycles. The number of benzene rings is 2. The quantitative estimate of drug-likeness (QED) is 0.366. The second-order valence-electron chi connectivity index (χ2n) is 6.20. The monoisotopic (exact) mass is 328 g/mol. The van der Waals surface area contributed by atoms with Gasteiger partial charge in [0.2, 0.25) is 0 Å². The van der Waals surface area contributed by atoms with Crippen LogP contribution in [0.4, 0.5) is 0 Å². The maximum atomic E-state index is 12.7. The molecule has 0 unspecified atom stereocenters. The zero-order valence-corrected chi connectivity index (χ0v) is 13.3. The molecular weight excluding hydrogens is 316 g/mol. The lowest BCUT2D eigenvalue weighted by Gasteiger charge is -2.00. The summed E-state index contributed by atoms with van der Waals surface area (Å²) in [6, 6.07) is 14.7. The molecule has 1 aliphatic carbocycles. The van der Waals surface area contributed by atoms with Crippen LogP contribution in [0.5, 0.6) is 0 Å². The second kappa shape index (κ2) is 4.80. The van der Waals surface area contributed by atoms with Gasteiger partial charge in [0.15, 0.2) is 22.7 Å². The summed E-state index contributed by atoms with van der Waals surface area (Å²) in [5, 5.41) is 1.88. The molecule has 0 N–H and O–H groups in total. The average Bonchev–Trinajstić information content (AvgIpc) is 3.20. The number of carbonyl (C=O) groups excluding carboxylic acids is 2. The summed E-state index contributed by atoms with van der Waals surface area (Å²) in [6.07, 6.45) is 1.50. The van der Waals surface area contributed by atoms with E-state index < -0.39 is 0 Å². The van der Waals surface area contributed by atoms with E-state index in [4.69, 9.17) is 8.83 Å². The molecule has 0 bridgehead atoms. The summed E-state index contributed by atoms with van der Waals surface area (Å²) >= 11 is 0. The van der Waals surface area contributed by atoms with Crippen molar-refractivity contribution < 1.29 is 18.4 Å². The Kier molecular flexibility index (Phi) is 2.69. The first-order chi connectivity index (χ1) is 12.1. The van der Waals surface area contributed by atoms with Crippen LogP contribution in [-0.4, -0.2) is 11.6 Å². The summed E-state index contributed by atoms with van der Waals surface area (Å²) in [7, 11) is 0. The molecule has 4 nitrogen and oxygen atoms in total. The number of hydrogen-bond acceptors (Lipinski definition) is 4. The zero-order chi connectivity index (χ0) is 17.1. The van der Waals surface area contributed by atoms with Crippen molar-refractivity contribution in [2.75, 3.05) is 0 Å². The van der Waals surface area contributed by atoms with Crippen LogP contribution < -0.4 is 0 Å². The van der Waals surface area contributed by atoms with Gasteiger partial charge in [0.25, 0.3) is 0 Å². The smallest absolute Gasteiger partial charge is 0.197 e. The number of furan rings is 2. The second-order valence-corrected chi connectivity index (χ2v) is 6.20. The van der Waals surface area contributed by atoms with E-state index in [0.29, 0.717) is 28.1 Å². The van der Waals surface area contributed by atoms with Crippen LogP contribution in [0.2, 0.25) is 0 Å². The van der Waals surface area contributed by atoms with E-state index in [9.17, 15) is 9.59 Å². The van der Waals surface area contributed by atoms with Crippen molar-refractivity contribution in [3.63, 3.8) is 0 Å². The maximum Gasteiger partial charge on any atom is 0.197 e. The number of allylic oxidation sites excluding steroid dienone is 1. The molecule has 0 radical (unpaired) electrons. The Morgan fingerprint density at radius 1 is 0.800 bits per heavy atom. The number of fused-ring (bicyclic) bond motifs is 3. The van der Waals surface area contributed by atoms with Gasteiger partial charge >= 0.3 is 0 Å². The predicted molar refractivity (Wildman–Crippen MR) is 93.8 cm³/mol. The van der Waals surface area contributed by atoms with E-state index in [-0.39, 0.29) is 17.1 Å². The van der Waals surface area contributed by atoms with Gasteiger partial charge in [-0.15, -0.1) is 0 Å². The van der Waals surface area contributed by atoms with Gasteiger partial charge in [-0.2, -0.15) is 0 Å². The molecule has 2 aromatic heterocycles. The summed E-state index contributed by atoms with van der Waals surface area (Å²) in [5.41, 5.74) is 2.22. The van der Waals surface area contributed by atoms with Gasteiger partial charge in [0, 0.05) is 23.3 Å². The van der Waals surface area contributed by atoms with E-state index in [1.54, 1.807) is 24.3 Å².